The standard InChI is InChI=1S/C19H19FN2O6/c1-3-21(11-13-5-4-6-15(20)9-13)18(23)12-28-17-8-7-14(19(24)27-2)10-16(17)22(25)26/h4-10H,3,11-12H2,1-2H3. The van der Waals surface area contributed by atoms with Gasteiger partial charge in [0.1, 0.15) is 5.82 Å². The monoisotopic (exact) mass is 390 g/mol. The van der Waals surface area contributed by atoms with E-state index in [0.29, 0.717) is 12.1 Å². The summed E-state index contributed by atoms with van der Waals surface area (Å²) in [5.41, 5.74) is 0.154. The highest BCUT2D eigenvalue weighted by Crippen LogP contribution is 2.28. The Morgan fingerprint density at radius 3 is 2.57 bits per heavy atom. The first-order valence-electron chi connectivity index (χ1n) is 8.37. The second kappa shape index (κ2) is 9.45. The molecule has 2 aromatic rings. The molecule has 0 unspecified atom stereocenters. The van der Waals surface area contributed by atoms with Gasteiger partial charge in [0.15, 0.2) is 12.4 Å². The zero-order chi connectivity index (χ0) is 20.7. The number of methoxy groups -OCH3 is 1. The molecule has 8 nitrogen and oxygen atoms in total. The molecule has 0 atom stereocenters. The molecule has 0 saturated heterocycles. The molecule has 0 radical (unpaired) electrons. The number of hydrogen-bond acceptors (Lipinski definition) is 6. The molecule has 0 aromatic heterocycles. The molecule has 2 aromatic carbocycles. The van der Waals surface area contributed by atoms with Gasteiger partial charge in [-0.2, -0.15) is 0 Å². The minimum Gasteiger partial charge on any atom is -0.477 e. The third-order valence-corrected chi connectivity index (χ3v) is 3.92. The van der Waals surface area contributed by atoms with E-state index in [2.05, 4.69) is 4.74 Å². The molecule has 0 fully saturated rings. The molecule has 28 heavy (non-hydrogen) atoms. The number of amides is 1. The van der Waals surface area contributed by atoms with Crippen molar-refractivity contribution in [1.82, 2.24) is 4.90 Å². The second-order valence-electron chi connectivity index (χ2n) is 5.76. The van der Waals surface area contributed by atoms with Gasteiger partial charge in [-0.05, 0) is 36.8 Å². The fourth-order valence-corrected chi connectivity index (χ4v) is 2.49. The SMILES string of the molecule is CCN(Cc1cccc(F)c1)C(=O)COc1ccc(C(=O)OC)cc1[N+](=O)[O-]. The lowest BCUT2D eigenvalue weighted by Gasteiger charge is -2.21. The van der Waals surface area contributed by atoms with Crippen molar-refractivity contribution in [3.63, 3.8) is 0 Å². The number of likely N-dealkylation sites (N-methyl/N-ethyl adjacent to an activating group) is 1. The molecule has 2 rings (SSSR count). The summed E-state index contributed by atoms with van der Waals surface area (Å²) >= 11 is 0. The predicted molar refractivity (Wildman–Crippen MR) is 97.4 cm³/mol. The number of halogens is 1. The number of carbonyl (C=O) groups excluding carboxylic acids is 2. The van der Waals surface area contributed by atoms with Gasteiger partial charge in [0.05, 0.1) is 17.6 Å². The van der Waals surface area contributed by atoms with Crippen LogP contribution in [0.5, 0.6) is 5.75 Å². The minimum absolute atomic E-state index is 0.00540. The van der Waals surface area contributed by atoms with E-state index < -0.39 is 34.9 Å². The van der Waals surface area contributed by atoms with E-state index in [1.54, 1.807) is 19.1 Å². The highest BCUT2D eigenvalue weighted by molar-refractivity contribution is 5.90. The van der Waals surface area contributed by atoms with Gasteiger partial charge in [0.25, 0.3) is 5.91 Å². The molecular weight excluding hydrogens is 371 g/mol. The Labute approximate surface area is 160 Å². The van der Waals surface area contributed by atoms with Crippen LogP contribution in [0.3, 0.4) is 0 Å². The van der Waals surface area contributed by atoms with Crippen LogP contribution in [0.15, 0.2) is 42.5 Å². The normalized spacial score (nSPS) is 10.2. The highest BCUT2D eigenvalue weighted by atomic mass is 19.1. The van der Waals surface area contributed by atoms with Gasteiger partial charge in [-0.1, -0.05) is 12.1 Å². The molecule has 148 valence electrons. The van der Waals surface area contributed by atoms with Crippen molar-refractivity contribution < 1.29 is 28.4 Å². The zero-order valence-electron chi connectivity index (χ0n) is 15.4. The fourth-order valence-electron chi connectivity index (χ4n) is 2.49. The number of hydrogen-bond donors (Lipinski definition) is 0. The summed E-state index contributed by atoms with van der Waals surface area (Å²) in [6, 6.07) is 9.44. The molecule has 0 heterocycles. The Morgan fingerprint density at radius 1 is 1.21 bits per heavy atom. The number of carbonyl (C=O) groups is 2. The van der Waals surface area contributed by atoms with Gasteiger partial charge in [-0.3, -0.25) is 14.9 Å². The van der Waals surface area contributed by atoms with Gasteiger partial charge < -0.3 is 14.4 Å². The Hall–Kier alpha value is -3.49. The molecule has 0 saturated carbocycles. The third-order valence-electron chi connectivity index (χ3n) is 3.92. The zero-order valence-corrected chi connectivity index (χ0v) is 15.4. The van der Waals surface area contributed by atoms with Crippen LogP contribution in [-0.2, 0) is 16.1 Å². The van der Waals surface area contributed by atoms with E-state index in [4.69, 9.17) is 4.74 Å². The number of ether oxygens (including phenoxy) is 2. The van der Waals surface area contributed by atoms with Crippen molar-refractivity contribution in [2.45, 2.75) is 13.5 Å². The fraction of sp³-hybridized carbons (Fsp3) is 0.263. The van der Waals surface area contributed by atoms with E-state index >= 15 is 0 Å². The van der Waals surface area contributed by atoms with Crippen LogP contribution < -0.4 is 4.74 Å². The number of nitro benzene ring substituents is 1. The second-order valence-corrected chi connectivity index (χ2v) is 5.76. The molecule has 0 aliphatic rings. The number of esters is 1. The first-order chi connectivity index (χ1) is 13.3. The third kappa shape index (κ3) is 5.26. The quantitative estimate of drug-likeness (QED) is 0.390. The maximum atomic E-state index is 13.3. The average Bonchev–Trinajstić information content (AvgIpc) is 2.69. The summed E-state index contributed by atoms with van der Waals surface area (Å²) in [5, 5.41) is 11.2. The van der Waals surface area contributed by atoms with Gasteiger partial charge in [-0.25, -0.2) is 9.18 Å². The van der Waals surface area contributed by atoms with Crippen molar-refractivity contribution in [3.05, 3.63) is 69.5 Å². The summed E-state index contributed by atoms with van der Waals surface area (Å²) in [6.07, 6.45) is 0. The van der Waals surface area contributed by atoms with E-state index in [-0.39, 0.29) is 17.9 Å². The van der Waals surface area contributed by atoms with Crippen LogP contribution in [0.1, 0.15) is 22.8 Å². The van der Waals surface area contributed by atoms with Crippen molar-refractivity contribution in [3.8, 4) is 5.75 Å². The maximum absolute atomic E-state index is 13.3. The Morgan fingerprint density at radius 2 is 1.96 bits per heavy atom. The van der Waals surface area contributed by atoms with Crippen LogP contribution in [-0.4, -0.2) is 42.0 Å². The van der Waals surface area contributed by atoms with Crippen LogP contribution in [0.2, 0.25) is 0 Å². The molecule has 0 N–H and O–H groups in total. The Bertz CT molecular complexity index is 886. The first-order valence-corrected chi connectivity index (χ1v) is 8.37. The summed E-state index contributed by atoms with van der Waals surface area (Å²) in [6.45, 7) is 1.84. The van der Waals surface area contributed by atoms with E-state index in [1.807, 2.05) is 0 Å². The Kier molecular flexibility index (Phi) is 7.02. The van der Waals surface area contributed by atoms with Crippen molar-refractivity contribution >= 4 is 17.6 Å². The summed E-state index contributed by atoms with van der Waals surface area (Å²) in [5.74, 6) is -1.69. The van der Waals surface area contributed by atoms with Crippen LogP contribution in [0.4, 0.5) is 10.1 Å². The van der Waals surface area contributed by atoms with Crippen LogP contribution in [0.25, 0.3) is 0 Å². The predicted octanol–water partition coefficient (Wildman–Crippen LogP) is 2.95. The topological polar surface area (TPSA) is 99.0 Å². The number of benzene rings is 2. The van der Waals surface area contributed by atoms with Gasteiger partial charge in [-0.15, -0.1) is 0 Å². The maximum Gasteiger partial charge on any atom is 0.338 e. The minimum atomic E-state index is -0.724. The molecule has 1 amide bonds. The van der Waals surface area contributed by atoms with E-state index in [1.165, 1.54) is 29.2 Å². The summed E-state index contributed by atoms with van der Waals surface area (Å²) in [7, 11) is 1.16. The van der Waals surface area contributed by atoms with E-state index in [9.17, 15) is 24.1 Å². The molecule has 0 aliphatic carbocycles. The summed E-state index contributed by atoms with van der Waals surface area (Å²) in [4.78, 5) is 35.9. The molecule has 0 aliphatic heterocycles. The van der Waals surface area contributed by atoms with Gasteiger partial charge in [0.2, 0.25) is 0 Å². The lowest BCUT2D eigenvalue weighted by Crippen LogP contribution is -2.34. The number of rotatable bonds is 8. The molecule has 9 heteroatoms. The number of nitrogens with zero attached hydrogens (tertiary/aromatic N) is 2. The summed E-state index contributed by atoms with van der Waals surface area (Å²) < 4.78 is 23.1. The highest BCUT2D eigenvalue weighted by Gasteiger charge is 2.21. The van der Waals surface area contributed by atoms with Gasteiger partial charge >= 0.3 is 11.7 Å². The molecule has 0 bridgehead atoms. The molecule has 0 spiro atoms. The van der Waals surface area contributed by atoms with Gasteiger partial charge in [0, 0.05) is 19.2 Å². The molecular formula is C19H19FN2O6. The lowest BCUT2D eigenvalue weighted by atomic mass is 10.2. The van der Waals surface area contributed by atoms with Crippen molar-refractivity contribution in [2.75, 3.05) is 20.3 Å². The Balaban J connectivity index is 2.09. The van der Waals surface area contributed by atoms with E-state index in [0.717, 1.165) is 13.2 Å². The van der Waals surface area contributed by atoms with Crippen LogP contribution in [0, 0.1) is 15.9 Å². The first kappa shape index (κ1) is 20.8. The number of nitro groups is 1. The largest absolute Gasteiger partial charge is 0.477 e. The van der Waals surface area contributed by atoms with Crippen molar-refractivity contribution in [1.29, 1.82) is 0 Å². The lowest BCUT2D eigenvalue weighted by molar-refractivity contribution is -0.385. The average molecular weight is 390 g/mol. The van der Waals surface area contributed by atoms with Crippen molar-refractivity contribution in [2.24, 2.45) is 0 Å². The smallest absolute Gasteiger partial charge is 0.338 e. The van der Waals surface area contributed by atoms with Crippen LogP contribution >= 0.6 is 0 Å².